The van der Waals surface area contributed by atoms with Crippen molar-refractivity contribution in [2.24, 2.45) is 0 Å². The summed E-state index contributed by atoms with van der Waals surface area (Å²) in [5.41, 5.74) is 1.09. The molecule has 0 fully saturated rings. The molecular weight excluding hydrogens is 227 g/mol. The van der Waals surface area contributed by atoms with Crippen LogP contribution >= 0.6 is 11.6 Å². The average Bonchev–Trinajstić information content (AvgIpc) is 2.28. The third kappa shape index (κ3) is 2.78. The van der Waals surface area contributed by atoms with Crippen molar-refractivity contribution >= 4 is 11.6 Å². The lowest BCUT2D eigenvalue weighted by Gasteiger charge is -1.90. The molecule has 0 saturated heterocycles. The lowest BCUT2D eigenvalue weighted by molar-refractivity contribution is 0.627. The summed E-state index contributed by atoms with van der Waals surface area (Å²) in [7, 11) is 0. The number of rotatable bonds is 0. The molecule has 1 aromatic carbocycles. The van der Waals surface area contributed by atoms with Crippen LogP contribution in [0, 0.1) is 17.7 Å². The summed E-state index contributed by atoms with van der Waals surface area (Å²) in [6.07, 6.45) is 0. The van der Waals surface area contributed by atoms with E-state index in [1.807, 2.05) is 0 Å². The SMILES string of the molecule is Fc1cccc(C#Cc2ccc(Cl)nn2)c1. The molecule has 0 aliphatic heterocycles. The minimum atomic E-state index is -0.311. The van der Waals surface area contributed by atoms with Gasteiger partial charge in [-0.05, 0) is 36.3 Å². The lowest BCUT2D eigenvalue weighted by atomic mass is 10.2. The minimum absolute atomic E-state index is 0.311. The monoisotopic (exact) mass is 232 g/mol. The van der Waals surface area contributed by atoms with Crippen LogP contribution < -0.4 is 0 Å². The van der Waals surface area contributed by atoms with Crippen molar-refractivity contribution in [3.05, 3.63) is 58.6 Å². The van der Waals surface area contributed by atoms with E-state index < -0.39 is 0 Å². The summed E-state index contributed by atoms with van der Waals surface area (Å²) in [6, 6.07) is 9.31. The second-order valence-electron chi connectivity index (χ2n) is 3.00. The van der Waals surface area contributed by atoms with Crippen molar-refractivity contribution in [1.29, 1.82) is 0 Å². The molecule has 4 heteroatoms. The molecular formula is C12H6ClFN2. The van der Waals surface area contributed by atoms with Gasteiger partial charge in [0.25, 0.3) is 0 Å². The van der Waals surface area contributed by atoms with Crippen molar-refractivity contribution in [1.82, 2.24) is 10.2 Å². The molecule has 2 rings (SSSR count). The average molecular weight is 233 g/mol. The van der Waals surface area contributed by atoms with Gasteiger partial charge in [-0.2, -0.15) is 0 Å². The Bertz CT molecular complexity index is 555. The summed E-state index contributed by atoms with van der Waals surface area (Å²) in [4.78, 5) is 0. The van der Waals surface area contributed by atoms with Gasteiger partial charge in [0.1, 0.15) is 11.5 Å². The molecule has 0 unspecified atom stereocenters. The first-order chi connectivity index (χ1) is 7.74. The van der Waals surface area contributed by atoms with Crippen LogP contribution in [-0.2, 0) is 0 Å². The third-order valence-electron chi connectivity index (χ3n) is 1.79. The highest BCUT2D eigenvalue weighted by Gasteiger charge is 1.92. The molecule has 0 spiro atoms. The molecule has 0 atom stereocenters. The smallest absolute Gasteiger partial charge is 0.151 e. The van der Waals surface area contributed by atoms with Crippen LogP contribution in [0.1, 0.15) is 11.3 Å². The van der Waals surface area contributed by atoms with Crippen LogP contribution in [0.25, 0.3) is 0 Å². The van der Waals surface area contributed by atoms with Crippen molar-refractivity contribution < 1.29 is 4.39 Å². The van der Waals surface area contributed by atoms with Gasteiger partial charge in [-0.25, -0.2) is 4.39 Å². The zero-order valence-electron chi connectivity index (χ0n) is 8.11. The predicted octanol–water partition coefficient (Wildman–Crippen LogP) is 2.67. The molecule has 0 bridgehead atoms. The Balaban J connectivity index is 2.25. The first-order valence-corrected chi connectivity index (χ1v) is 4.89. The molecule has 78 valence electrons. The normalized spacial score (nSPS) is 9.38. The van der Waals surface area contributed by atoms with Gasteiger partial charge in [0.05, 0.1) is 0 Å². The fourth-order valence-electron chi connectivity index (χ4n) is 1.09. The fraction of sp³-hybridized carbons (Fsp3) is 0. The van der Waals surface area contributed by atoms with Gasteiger partial charge in [0.15, 0.2) is 5.15 Å². The second-order valence-corrected chi connectivity index (χ2v) is 3.39. The summed E-state index contributed by atoms with van der Waals surface area (Å²) in [6.45, 7) is 0. The zero-order chi connectivity index (χ0) is 11.4. The lowest BCUT2D eigenvalue weighted by Crippen LogP contribution is -1.86. The van der Waals surface area contributed by atoms with Crippen molar-refractivity contribution in [2.75, 3.05) is 0 Å². The van der Waals surface area contributed by atoms with Crippen LogP contribution in [0.3, 0.4) is 0 Å². The molecule has 0 saturated carbocycles. The van der Waals surface area contributed by atoms with Crippen LogP contribution in [0.5, 0.6) is 0 Å². The van der Waals surface area contributed by atoms with Crippen molar-refractivity contribution in [3.63, 3.8) is 0 Å². The van der Waals surface area contributed by atoms with E-state index in [2.05, 4.69) is 22.0 Å². The van der Waals surface area contributed by atoms with E-state index in [4.69, 9.17) is 11.6 Å². The maximum atomic E-state index is 12.8. The van der Waals surface area contributed by atoms with E-state index in [0.717, 1.165) is 0 Å². The highest BCUT2D eigenvalue weighted by Crippen LogP contribution is 2.03. The predicted molar refractivity (Wildman–Crippen MR) is 59.4 cm³/mol. The molecule has 1 heterocycles. The zero-order valence-corrected chi connectivity index (χ0v) is 8.87. The summed E-state index contributed by atoms with van der Waals surface area (Å²) in [5.74, 6) is 5.24. The number of benzene rings is 1. The minimum Gasteiger partial charge on any atom is -0.207 e. The molecule has 2 nitrogen and oxygen atoms in total. The van der Waals surface area contributed by atoms with Crippen LogP contribution in [-0.4, -0.2) is 10.2 Å². The summed E-state index contributed by atoms with van der Waals surface area (Å²) < 4.78 is 12.8. The van der Waals surface area contributed by atoms with Gasteiger partial charge in [0.2, 0.25) is 0 Å². The van der Waals surface area contributed by atoms with E-state index in [1.54, 1.807) is 24.3 Å². The van der Waals surface area contributed by atoms with E-state index in [1.165, 1.54) is 12.1 Å². The number of nitrogens with zero attached hydrogens (tertiary/aromatic N) is 2. The molecule has 1 aromatic heterocycles. The van der Waals surface area contributed by atoms with E-state index in [9.17, 15) is 4.39 Å². The Hall–Kier alpha value is -1.92. The Morgan fingerprint density at radius 3 is 2.62 bits per heavy atom. The number of hydrogen-bond acceptors (Lipinski definition) is 2. The largest absolute Gasteiger partial charge is 0.207 e. The Kier molecular flexibility index (Phi) is 3.13. The first kappa shape index (κ1) is 10.6. The molecule has 0 N–H and O–H groups in total. The van der Waals surface area contributed by atoms with Gasteiger partial charge >= 0.3 is 0 Å². The molecule has 0 aliphatic rings. The van der Waals surface area contributed by atoms with Gasteiger partial charge in [-0.15, -0.1) is 10.2 Å². The molecule has 2 aromatic rings. The van der Waals surface area contributed by atoms with E-state index >= 15 is 0 Å². The number of aromatic nitrogens is 2. The highest BCUT2D eigenvalue weighted by atomic mass is 35.5. The molecule has 0 aliphatic carbocycles. The quantitative estimate of drug-likeness (QED) is 0.653. The Morgan fingerprint density at radius 2 is 1.94 bits per heavy atom. The molecule has 16 heavy (non-hydrogen) atoms. The maximum Gasteiger partial charge on any atom is 0.151 e. The van der Waals surface area contributed by atoms with E-state index in [-0.39, 0.29) is 5.82 Å². The van der Waals surface area contributed by atoms with Gasteiger partial charge in [0, 0.05) is 5.56 Å². The second kappa shape index (κ2) is 4.73. The fourth-order valence-corrected chi connectivity index (χ4v) is 1.19. The van der Waals surface area contributed by atoms with Crippen LogP contribution in [0.15, 0.2) is 36.4 Å². The maximum absolute atomic E-state index is 12.8. The highest BCUT2D eigenvalue weighted by molar-refractivity contribution is 6.29. The molecule has 0 amide bonds. The molecule has 0 radical (unpaired) electrons. The first-order valence-electron chi connectivity index (χ1n) is 4.51. The van der Waals surface area contributed by atoms with Crippen LogP contribution in [0.4, 0.5) is 4.39 Å². The van der Waals surface area contributed by atoms with E-state index in [0.29, 0.717) is 16.4 Å². The summed E-state index contributed by atoms with van der Waals surface area (Å²) >= 11 is 5.58. The van der Waals surface area contributed by atoms with Crippen molar-refractivity contribution in [3.8, 4) is 11.8 Å². The topological polar surface area (TPSA) is 25.8 Å². The van der Waals surface area contributed by atoms with Gasteiger partial charge in [-0.3, -0.25) is 0 Å². The van der Waals surface area contributed by atoms with Gasteiger partial charge < -0.3 is 0 Å². The Labute approximate surface area is 97.1 Å². The van der Waals surface area contributed by atoms with Crippen LogP contribution in [0.2, 0.25) is 5.15 Å². The van der Waals surface area contributed by atoms with Crippen molar-refractivity contribution in [2.45, 2.75) is 0 Å². The Morgan fingerprint density at radius 1 is 1.06 bits per heavy atom. The number of hydrogen-bond donors (Lipinski definition) is 0. The third-order valence-corrected chi connectivity index (χ3v) is 1.99. The standard InChI is InChI=1S/C12H6ClFN2/c13-12-7-6-11(15-16-12)5-4-9-2-1-3-10(14)8-9/h1-3,6-8H. The number of halogens is 2. The summed E-state index contributed by atoms with van der Waals surface area (Å²) in [5, 5.41) is 7.73. The van der Waals surface area contributed by atoms with Gasteiger partial charge in [-0.1, -0.05) is 23.6 Å².